The van der Waals surface area contributed by atoms with Crippen LogP contribution in [0.3, 0.4) is 0 Å². The van der Waals surface area contributed by atoms with Gasteiger partial charge in [0.25, 0.3) is 5.91 Å². The fraction of sp³-hybridized carbons (Fsp3) is 0.333. The van der Waals surface area contributed by atoms with Gasteiger partial charge in [-0.2, -0.15) is 0 Å². The first-order valence-electron chi connectivity index (χ1n) is 7.75. The van der Waals surface area contributed by atoms with E-state index in [-0.39, 0.29) is 11.5 Å². The summed E-state index contributed by atoms with van der Waals surface area (Å²) in [7, 11) is 1.30. The van der Waals surface area contributed by atoms with Crippen LogP contribution in [0.15, 0.2) is 24.3 Å². The van der Waals surface area contributed by atoms with E-state index in [2.05, 4.69) is 10.3 Å². The van der Waals surface area contributed by atoms with Crippen molar-refractivity contribution in [2.75, 3.05) is 7.11 Å². The van der Waals surface area contributed by atoms with Gasteiger partial charge in [-0.15, -0.1) is 0 Å². The molecule has 1 atom stereocenters. The SMILES string of the molecule is CCc1[nH]c(C(=O)NC(C)c2ccccc2F)c(C)c1C(=O)OC. The molecule has 0 saturated heterocycles. The standard InChI is InChI=1S/C18H21FN2O3/c1-5-14-15(18(23)24-4)10(2)16(21-14)17(22)20-11(3)12-8-6-7-9-13(12)19/h6-9,11,21H,5H2,1-4H3,(H,20,22). The van der Waals surface area contributed by atoms with Crippen LogP contribution in [-0.2, 0) is 11.2 Å². The molecule has 1 unspecified atom stereocenters. The Balaban J connectivity index is 2.29. The van der Waals surface area contributed by atoms with Crippen LogP contribution in [0, 0.1) is 12.7 Å². The monoisotopic (exact) mass is 332 g/mol. The van der Waals surface area contributed by atoms with E-state index in [1.807, 2.05) is 6.92 Å². The molecular formula is C18H21FN2O3. The van der Waals surface area contributed by atoms with E-state index in [0.717, 1.165) is 0 Å². The zero-order valence-electron chi connectivity index (χ0n) is 14.2. The average molecular weight is 332 g/mol. The molecule has 1 amide bonds. The summed E-state index contributed by atoms with van der Waals surface area (Å²) in [5.74, 6) is -1.26. The molecule has 1 aromatic carbocycles. The number of carbonyl (C=O) groups is 2. The maximum atomic E-state index is 13.8. The third-order valence-corrected chi connectivity index (χ3v) is 4.02. The van der Waals surface area contributed by atoms with Gasteiger partial charge < -0.3 is 15.0 Å². The van der Waals surface area contributed by atoms with Crippen molar-refractivity contribution in [1.29, 1.82) is 0 Å². The Bertz CT molecular complexity index is 768. The Kier molecular flexibility index (Phi) is 5.39. The zero-order chi connectivity index (χ0) is 17.9. The van der Waals surface area contributed by atoms with Gasteiger partial charge in [0.15, 0.2) is 0 Å². The summed E-state index contributed by atoms with van der Waals surface area (Å²) < 4.78 is 18.6. The largest absolute Gasteiger partial charge is 0.465 e. The van der Waals surface area contributed by atoms with Gasteiger partial charge >= 0.3 is 5.97 Å². The molecule has 0 aliphatic rings. The van der Waals surface area contributed by atoms with Crippen LogP contribution < -0.4 is 5.32 Å². The second-order valence-electron chi connectivity index (χ2n) is 5.54. The van der Waals surface area contributed by atoms with Gasteiger partial charge in [-0.3, -0.25) is 4.79 Å². The first-order chi connectivity index (χ1) is 11.4. The summed E-state index contributed by atoms with van der Waals surface area (Å²) in [5, 5.41) is 2.75. The van der Waals surface area contributed by atoms with Crippen molar-refractivity contribution < 1.29 is 18.7 Å². The first kappa shape index (κ1) is 17.7. The molecule has 5 nitrogen and oxygen atoms in total. The number of esters is 1. The number of hydrogen-bond acceptors (Lipinski definition) is 3. The van der Waals surface area contributed by atoms with E-state index in [4.69, 9.17) is 4.74 Å². The van der Waals surface area contributed by atoms with Gasteiger partial charge in [-0.25, -0.2) is 9.18 Å². The van der Waals surface area contributed by atoms with E-state index < -0.39 is 17.9 Å². The summed E-state index contributed by atoms with van der Waals surface area (Å²) in [6.45, 7) is 5.27. The number of amides is 1. The summed E-state index contributed by atoms with van der Waals surface area (Å²) >= 11 is 0. The highest BCUT2D eigenvalue weighted by Gasteiger charge is 2.24. The summed E-state index contributed by atoms with van der Waals surface area (Å²) in [6.07, 6.45) is 0.557. The van der Waals surface area contributed by atoms with E-state index >= 15 is 0 Å². The van der Waals surface area contributed by atoms with Crippen LogP contribution in [-0.4, -0.2) is 24.0 Å². The predicted octanol–water partition coefficient (Wildman–Crippen LogP) is 3.30. The highest BCUT2D eigenvalue weighted by atomic mass is 19.1. The first-order valence-corrected chi connectivity index (χ1v) is 7.75. The Morgan fingerprint density at radius 2 is 2.00 bits per heavy atom. The molecule has 2 aromatic rings. The van der Waals surface area contributed by atoms with Crippen molar-refractivity contribution in [2.45, 2.75) is 33.2 Å². The van der Waals surface area contributed by atoms with Crippen LogP contribution in [0.25, 0.3) is 0 Å². The molecule has 1 heterocycles. The molecule has 2 N–H and O–H groups in total. The van der Waals surface area contributed by atoms with Crippen LogP contribution in [0.4, 0.5) is 4.39 Å². The molecule has 0 fully saturated rings. The molecule has 1 aromatic heterocycles. The number of rotatable bonds is 5. The predicted molar refractivity (Wildman–Crippen MR) is 88.5 cm³/mol. The number of benzene rings is 1. The fourth-order valence-electron chi connectivity index (χ4n) is 2.70. The molecule has 2 rings (SSSR count). The maximum Gasteiger partial charge on any atom is 0.339 e. The minimum atomic E-state index is -0.506. The molecule has 0 aliphatic heterocycles. The highest BCUT2D eigenvalue weighted by Crippen LogP contribution is 2.22. The molecule has 0 radical (unpaired) electrons. The van der Waals surface area contributed by atoms with Gasteiger partial charge in [0.2, 0.25) is 0 Å². The zero-order valence-corrected chi connectivity index (χ0v) is 14.2. The molecule has 6 heteroatoms. The lowest BCUT2D eigenvalue weighted by Gasteiger charge is -2.15. The Labute approximate surface area is 140 Å². The number of H-pyrrole nitrogens is 1. The smallest absolute Gasteiger partial charge is 0.339 e. The number of methoxy groups -OCH3 is 1. The van der Waals surface area contributed by atoms with Crippen molar-refractivity contribution in [3.8, 4) is 0 Å². The number of aromatic nitrogens is 1. The molecule has 0 saturated carbocycles. The van der Waals surface area contributed by atoms with Gasteiger partial charge in [0.05, 0.1) is 18.7 Å². The fourth-order valence-corrected chi connectivity index (χ4v) is 2.70. The number of ether oxygens (including phenoxy) is 1. The lowest BCUT2D eigenvalue weighted by molar-refractivity contribution is 0.0599. The van der Waals surface area contributed by atoms with E-state index in [1.54, 1.807) is 32.0 Å². The summed E-state index contributed by atoms with van der Waals surface area (Å²) in [6, 6.07) is 5.78. The maximum absolute atomic E-state index is 13.8. The van der Waals surface area contributed by atoms with Crippen LogP contribution in [0.5, 0.6) is 0 Å². The van der Waals surface area contributed by atoms with E-state index in [9.17, 15) is 14.0 Å². The van der Waals surface area contributed by atoms with E-state index in [0.29, 0.717) is 28.8 Å². The number of carbonyl (C=O) groups excluding carboxylic acids is 2. The summed E-state index contributed by atoms with van der Waals surface area (Å²) in [4.78, 5) is 27.4. The van der Waals surface area contributed by atoms with Crippen molar-refractivity contribution in [3.63, 3.8) is 0 Å². The Morgan fingerprint density at radius 3 is 2.58 bits per heavy atom. The number of nitrogens with one attached hydrogen (secondary N) is 2. The van der Waals surface area contributed by atoms with Gasteiger partial charge in [0.1, 0.15) is 11.5 Å². The van der Waals surface area contributed by atoms with Crippen LogP contribution in [0.2, 0.25) is 0 Å². The van der Waals surface area contributed by atoms with Gasteiger partial charge in [-0.1, -0.05) is 25.1 Å². The number of halogens is 1. The van der Waals surface area contributed by atoms with Gasteiger partial charge in [0, 0.05) is 11.3 Å². The highest BCUT2D eigenvalue weighted by molar-refractivity contribution is 6.00. The van der Waals surface area contributed by atoms with Gasteiger partial charge in [-0.05, 0) is 31.9 Å². The number of aryl methyl sites for hydroxylation is 1. The molecular weight excluding hydrogens is 311 g/mol. The normalized spacial score (nSPS) is 11.9. The average Bonchev–Trinajstić information content (AvgIpc) is 2.91. The minimum Gasteiger partial charge on any atom is -0.465 e. The molecule has 128 valence electrons. The van der Waals surface area contributed by atoms with Crippen molar-refractivity contribution >= 4 is 11.9 Å². The van der Waals surface area contributed by atoms with Crippen molar-refractivity contribution in [2.24, 2.45) is 0 Å². The lowest BCUT2D eigenvalue weighted by atomic mass is 10.1. The second-order valence-corrected chi connectivity index (χ2v) is 5.54. The van der Waals surface area contributed by atoms with E-state index in [1.165, 1.54) is 13.2 Å². The molecule has 0 bridgehead atoms. The number of aromatic amines is 1. The van der Waals surface area contributed by atoms with Crippen molar-refractivity contribution in [3.05, 3.63) is 58.2 Å². The topological polar surface area (TPSA) is 71.2 Å². The Morgan fingerprint density at radius 1 is 1.33 bits per heavy atom. The van der Waals surface area contributed by atoms with Crippen LogP contribution >= 0.6 is 0 Å². The molecule has 0 spiro atoms. The molecule has 24 heavy (non-hydrogen) atoms. The second kappa shape index (κ2) is 7.29. The van der Waals surface area contributed by atoms with Crippen molar-refractivity contribution in [1.82, 2.24) is 10.3 Å². The lowest BCUT2D eigenvalue weighted by Crippen LogP contribution is -2.28. The Hall–Kier alpha value is -2.63. The quantitative estimate of drug-likeness (QED) is 0.825. The number of hydrogen-bond donors (Lipinski definition) is 2. The minimum absolute atomic E-state index is 0.287. The third kappa shape index (κ3) is 3.32. The summed E-state index contributed by atoms with van der Waals surface area (Å²) in [5.41, 5.74) is 2.23. The third-order valence-electron chi connectivity index (χ3n) is 4.02. The molecule has 0 aliphatic carbocycles. The van der Waals surface area contributed by atoms with Crippen LogP contribution in [0.1, 0.15) is 57.6 Å².